The first kappa shape index (κ1) is 54.1. The average molecular weight is 879 g/mol. The van der Waals surface area contributed by atoms with Gasteiger partial charge in [0.2, 0.25) is 0 Å². The zero-order valence-electron chi connectivity index (χ0n) is 38.9. The van der Waals surface area contributed by atoms with Crippen LogP contribution in [0.3, 0.4) is 0 Å². The molecule has 0 fully saturated rings. The lowest BCUT2D eigenvalue weighted by atomic mass is 9.80. The Balaban J connectivity index is 1.01. The quantitative estimate of drug-likeness (QED) is 0.0310. The van der Waals surface area contributed by atoms with Crippen molar-refractivity contribution in [3.8, 4) is 0 Å². The summed E-state index contributed by atoms with van der Waals surface area (Å²) in [5, 5.41) is 0. The smallest absolute Gasteiger partial charge is 0.305 e. The van der Waals surface area contributed by atoms with E-state index in [2.05, 4.69) is 43.3 Å². The molecule has 0 saturated carbocycles. The fourth-order valence-electron chi connectivity index (χ4n) is 7.37. The van der Waals surface area contributed by atoms with Gasteiger partial charge < -0.3 is 42.6 Å². The topological polar surface area (TPSA) is 100 Å². The van der Waals surface area contributed by atoms with Gasteiger partial charge in [-0.15, -0.1) is 0 Å². The van der Waals surface area contributed by atoms with Crippen molar-refractivity contribution >= 4 is 5.97 Å². The molecule has 0 aliphatic rings. The van der Waals surface area contributed by atoms with E-state index in [0.29, 0.717) is 106 Å². The predicted molar refractivity (Wildman–Crippen MR) is 251 cm³/mol. The van der Waals surface area contributed by atoms with Gasteiger partial charge in [-0.2, -0.15) is 0 Å². The van der Waals surface area contributed by atoms with Gasteiger partial charge in [-0.1, -0.05) is 188 Å². The Morgan fingerprint density at radius 1 is 0.349 bits per heavy atom. The fourth-order valence-corrected chi connectivity index (χ4v) is 7.37. The molecule has 3 aromatic carbocycles. The highest BCUT2D eigenvalue weighted by Gasteiger charge is 2.37. The third-order valence-corrected chi connectivity index (χ3v) is 10.8. The number of ether oxygens (including phenoxy) is 9. The van der Waals surface area contributed by atoms with Gasteiger partial charge in [0.25, 0.3) is 0 Å². The molecular weight excluding hydrogens is 797 g/mol. The number of esters is 1. The SMILES string of the molecule is CCCCCCCCCCCCCCCCCC(=O)OCCOCCOCCOCCOCCOCCOCCOCCOC(c1ccccc1)(c1ccccc1)c1ccccc1. The van der Waals surface area contributed by atoms with Crippen molar-refractivity contribution in [1.82, 2.24) is 0 Å². The third kappa shape index (κ3) is 26.4. The molecule has 0 spiro atoms. The van der Waals surface area contributed by atoms with Crippen LogP contribution in [0.5, 0.6) is 0 Å². The van der Waals surface area contributed by atoms with Gasteiger partial charge in [0.1, 0.15) is 12.2 Å². The maximum atomic E-state index is 12.0. The van der Waals surface area contributed by atoms with Crippen molar-refractivity contribution in [3.63, 3.8) is 0 Å². The van der Waals surface area contributed by atoms with Crippen LogP contribution in [0.2, 0.25) is 0 Å². The Kier molecular flexibility index (Phi) is 33.7. The number of unbranched alkanes of at least 4 members (excludes halogenated alkanes) is 14. The van der Waals surface area contributed by atoms with E-state index in [1.54, 1.807) is 0 Å². The number of carbonyl (C=O) groups is 1. The second-order valence-corrected chi connectivity index (χ2v) is 15.8. The first-order chi connectivity index (χ1) is 31.3. The first-order valence-corrected chi connectivity index (χ1v) is 24.3. The summed E-state index contributed by atoms with van der Waals surface area (Å²) in [7, 11) is 0. The van der Waals surface area contributed by atoms with E-state index in [0.717, 1.165) is 29.5 Å². The fraction of sp³-hybridized carbons (Fsp3) is 0.642. The van der Waals surface area contributed by atoms with Crippen LogP contribution in [-0.2, 0) is 53.0 Å². The molecule has 63 heavy (non-hydrogen) atoms. The Morgan fingerprint density at radius 2 is 0.619 bits per heavy atom. The zero-order chi connectivity index (χ0) is 44.4. The van der Waals surface area contributed by atoms with E-state index in [1.807, 2.05) is 54.6 Å². The summed E-state index contributed by atoms with van der Waals surface area (Å²) in [6, 6.07) is 31.0. The Bertz CT molecular complexity index is 1330. The van der Waals surface area contributed by atoms with Crippen LogP contribution in [0.4, 0.5) is 0 Å². The number of benzene rings is 3. The van der Waals surface area contributed by atoms with Crippen LogP contribution < -0.4 is 0 Å². The van der Waals surface area contributed by atoms with E-state index in [1.165, 1.54) is 83.5 Å². The summed E-state index contributed by atoms with van der Waals surface area (Å²) < 4.78 is 51.3. The molecule has 0 aliphatic heterocycles. The molecule has 0 bridgehead atoms. The zero-order valence-corrected chi connectivity index (χ0v) is 38.9. The minimum absolute atomic E-state index is 0.130. The van der Waals surface area contributed by atoms with Gasteiger partial charge in [0.05, 0.1) is 99.1 Å². The monoisotopic (exact) mass is 879 g/mol. The Morgan fingerprint density at radius 3 is 0.937 bits per heavy atom. The average Bonchev–Trinajstić information content (AvgIpc) is 3.32. The lowest BCUT2D eigenvalue weighted by Crippen LogP contribution is -2.34. The van der Waals surface area contributed by atoms with Gasteiger partial charge >= 0.3 is 5.97 Å². The largest absolute Gasteiger partial charge is 0.463 e. The molecule has 0 atom stereocenters. The summed E-state index contributed by atoms with van der Waals surface area (Å²) in [6.07, 6.45) is 20.2. The number of carbonyl (C=O) groups excluding carboxylic acids is 1. The molecule has 10 heteroatoms. The van der Waals surface area contributed by atoms with Crippen molar-refractivity contribution in [2.75, 3.05) is 106 Å². The van der Waals surface area contributed by atoms with Crippen LogP contribution in [0.1, 0.15) is 126 Å². The van der Waals surface area contributed by atoms with Crippen LogP contribution in [0.15, 0.2) is 91.0 Å². The summed E-state index contributed by atoms with van der Waals surface area (Å²) in [6.45, 7) is 9.58. The standard InChI is InChI=1S/C53H82O10/c1-2-3-4-5-6-7-8-9-10-11-12-13-14-15-25-32-52(54)62-47-45-60-43-41-58-39-37-56-35-33-55-34-36-57-38-40-59-42-44-61-46-48-63-53(49-26-19-16-20-27-49,50-28-21-17-22-29-50)51-30-23-18-24-31-51/h16-24,26-31H,2-15,25,32-48H2,1H3. The van der Waals surface area contributed by atoms with Gasteiger partial charge in [-0.25, -0.2) is 0 Å². The molecular formula is C53H82O10. The van der Waals surface area contributed by atoms with Gasteiger partial charge in [0.15, 0.2) is 0 Å². The Labute approximate surface area is 381 Å². The van der Waals surface area contributed by atoms with Crippen molar-refractivity contribution in [2.45, 2.75) is 115 Å². The highest BCUT2D eigenvalue weighted by Crippen LogP contribution is 2.40. The summed E-state index contributed by atoms with van der Waals surface area (Å²) >= 11 is 0. The number of rotatable bonds is 44. The second-order valence-electron chi connectivity index (χ2n) is 15.8. The number of hydrogen-bond donors (Lipinski definition) is 0. The van der Waals surface area contributed by atoms with Crippen molar-refractivity contribution in [3.05, 3.63) is 108 Å². The highest BCUT2D eigenvalue weighted by molar-refractivity contribution is 5.69. The van der Waals surface area contributed by atoms with Crippen molar-refractivity contribution in [1.29, 1.82) is 0 Å². The highest BCUT2D eigenvalue weighted by atomic mass is 16.6. The van der Waals surface area contributed by atoms with E-state index < -0.39 is 5.60 Å². The van der Waals surface area contributed by atoms with Gasteiger partial charge in [-0.3, -0.25) is 4.79 Å². The molecule has 354 valence electrons. The molecule has 0 saturated heterocycles. The van der Waals surface area contributed by atoms with Gasteiger partial charge in [-0.05, 0) is 23.1 Å². The van der Waals surface area contributed by atoms with Crippen molar-refractivity contribution in [2.24, 2.45) is 0 Å². The van der Waals surface area contributed by atoms with Crippen LogP contribution in [-0.4, -0.2) is 112 Å². The maximum absolute atomic E-state index is 12.0. The first-order valence-electron chi connectivity index (χ1n) is 24.3. The second kappa shape index (κ2) is 39.2. The van der Waals surface area contributed by atoms with Gasteiger partial charge in [0, 0.05) is 6.42 Å². The van der Waals surface area contributed by atoms with Crippen LogP contribution >= 0.6 is 0 Å². The molecule has 0 N–H and O–H groups in total. The minimum atomic E-state index is -0.754. The molecule has 0 heterocycles. The lowest BCUT2D eigenvalue weighted by molar-refractivity contribution is -0.145. The van der Waals surface area contributed by atoms with E-state index in [4.69, 9.17) is 42.6 Å². The maximum Gasteiger partial charge on any atom is 0.305 e. The molecule has 3 aromatic rings. The minimum Gasteiger partial charge on any atom is -0.463 e. The van der Waals surface area contributed by atoms with E-state index in [-0.39, 0.29) is 12.6 Å². The van der Waals surface area contributed by atoms with E-state index in [9.17, 15) is 4.79 Å². The lowest BCUT2D eigenvalue weighted by Gasteiger charge is -2.36. The van der Waals surface area contributed by atoms with E-state index >= 15 is 0 Å². The third-order valence-electron chi connectivity index (χ3n) is 10.8. The van der Waals surface area contributed by atoms with Crippen molar-refractivity contribution < 1.29 is 47.4 Å². The Hall–Kier alpha value is -3.19. The number of hydrogen-bond acceptors (Lipinski definition) is 10. The molecule has 0 aromatic heterocycles. The predicted octanol–water partition coefficient (Wildman–Crippen LogP) is 10.9. The normalized spacial score (nSPS) is 11.6. The molecule has 0 radical (unpaired) electrons. The summed E-state index contributed by atoms with van der Waals surface area (Å²) in [5.74, 6) is -0.130. The van der Waals surface area contributed by atoms with Crippen LogP contribution in [0.25, 0.3) is 0 Å². The molecule has 3 rings (SSSR count). The van der Waals surface area contributed by atoms with Crippen LogP contribution in [0, 0.1) is 0 Å². The summed E-state index contributed by atoms with van der Waals surface area (Å²) in [5.41, 5.74) is 2.45. The molecule has 0 aliphatic carbocycles. The molecule has 0 amide bonds. The molecule has 10 nitrogen and oxygen atoms in total. The molecule has 0 unspecified atom stereocenters. The summed E-state index contributed by atoms with van der Waals surface area (Å²) in [4.78, 5) is 12.0.